The van der Waals surface area contributed by atoms with Crippen molar-refractivity contribution in [3.8, 4) is 0 Å². The highest BCUT2D eigenvalue weighted by molar-refractivity contribution is 5.70. The first-order chi connectivity index (χ1) is 10.6. The molecule has 1 aliphatic heterocycles. The highest BCUT2D eigenvalue weighted by Crippen LogP contribution is 2.30. The number of ether oxygens (including phenoxy) is 1. The normalized spacial score (nSPS) is 21.0. The minimum absolute atomic E-state index is 0.00866. The van der Waals surface area contributed by atoms with Gasteiger partial charge >= 0.3 is 5.97 Å². The third kappa shape index (κ3) is 3.63. The quantitative estimate of drug-likeness (QED) is 0.794. The lowest BCUT2D eigenvalue weighted by atomic mass is 9.91. The van der Waals surface area contributed by atoms with Gasteiger partial charge in [-0.1, -0.05) is 6.07 Å². The van der Waals surface area contributed by atoms with Crippen LogP contribution >= 0.6 is 0 Å². The van der Waals surface area contributed by atoms with Crippen LogP contribution in [0.25, 0.3) is 0 Å². The van der Waals surface area contributed by atoms with Crippen molar-refractivity contribution in [1.29, 1.82) is 0 Å². The fraction of sp³-hybridized carbons (Fsp3) is 0.632. The van der Waals surface area contributed by atoms with E-state index in [1.807, 2.05) is 13.8 Å². The molecule has 3 nitrogen and oxygen atoms in total. The zero-order valence-corrected chi connectivity index (χ0v) is 13.8. The zero-order chi connectivity index (χ0) is 15.5. The number of carbonyl (C=O) groups excluding carboxylic acids is 1. The molecule has 1 atom stereocenters. The molecule has 1 saturated heterocycles. The Labute approximate surface area is 133 Å². The van der Waals surface area contributed by atoms with Crippen LogP contribution < -0.4 is 4.90 Å². The van der Waals surface area contributed by atoms with Gasteiger partial charge in [0.1, 0.15) is 0 Å². The molecule has 0 N–H and O–H groups in total. The third-order valence-electron chi connectivity index (χ3n) is 4.81. The number of hydrogen-bond acceptors (Lipinski definition) is 3. The molecule has 0 saturated carbocycles. The average molecular weight is 301 g/mol. The van der Waals surface area contributed by atoms with Crippen molar-refractivity contribution in [2.24, 2.45) is 5.92 Å². The molecule has 0 spiro atoms. The summed E-state index contributed by atoms with van der Waals surface area (Å²) in [6, 6.07) is 6.95. The number of esters is 1. The van der Waals surface area contributed by atoms with Gasteiger partial charge < -0.3 is 9.64 Å². The van der Waals surface area contributed by atoms with Crippen molar-refractivity contribution in [3.05, 3.63) is 29.3 Å². The van der Waals surface area contributed by atoms with E-state index < -0.39 is 0 Å². The van der Waals surface area contributed by atoms with E-state index in [2.05, 4.69) is 23.1 Å². The van der Waals surface area contributed by atoms with Crippen LogP contribution in [0, 0.1) is 5.92 Å². The van der Waals surface area contributed by atoms with E-state index in [1.54, 1.807) is 0 Å². The maximum Gasteiger partial charge on any atom is 0.306 e. The van der Waals surface area contributed by atoms with Crippen LogP contribution in [0.4, 0.5) is 5.69 Å². The molecule has 0 radical (unpaired) electrons. The van der Waals surface area contributed by atoms with E-state index in [0.717, 1.165) is 19.5 Å². The van der Waals surface area contributed by atoms with Crippen molar-refractivity contribution < 1.29 is 9.53 Å². The van der Waals surface area contributed by atoms with E-state index in [0.29, 0.717) is 12.3 Å². The van der Waals surface area contributed by atoms with Crippen molar-refractivity contribution in [1.82, 2.24) is 0 Å². The molecule has 1 fully saturated rings. The Morgan fingerprint density at radius 3 is 2.82 bits per heavy atom. The number of fused-ring (bicyclic) bond motifs is 1. The highest BCUT2D eigenvalue weighted by Gasteiger charge is 2.26. The molecule has 3 rings (SSSR count). The van der Waals surface area contributed by atoms with E-state index in [1.165, 1.54) is 42.5 Å². The second-order valence-electron chi connectivity index (χ2n) is 7.00. The summed E-state index contributed by atoms with van der Waals surface area (Å²) in [5.74, 6) is 0.384. The lowest BCUT2D eigenvalue weighted by molar-refractivity contribution is -0.148. The SMILES string of the molecule is CC(C)OC(=O)CC1CCN(c2ccc3c(c2)CCCC3)C1. The number of benzene rings is 1. The fourth-order valence-corrected chi connectivity index (χ4v) is 3.70. The number of hydrogen-bond donors (Lipinski definition) is 0. The number of aryl methyl sites for hydroxylation is 2. The van der Waals surface area contributed by atoms with Gasteiger partial charge in [0.2, 0.25) is 0 Å². The maximum absolute atomic E-state index is 11.8. The Morgan fingerprint density at radius 2 is 2.05 bits per heavy atom. The first-order valence-corrected chi connectivity index (χ1v) is 8.68. The van der Waals surface area contributed by atoms with Gasteiger partial charge in [-0.15, -0.1) is 0 Å². The molecule has 22 heavy (non-hydrogen) atoms. The van der Waals surface area contributed by atoms with Gasteiger partial charge in [-0.3, -0.25) is 4.79 Å². The smallest absolute Gasteiger partial charge is 0.306 e. The van der Waals surface area contributed by atoms with Crippen molar-refractivity contribution >= 4 is 11.7 Å². The summed E-state index contributed by atoms with van der Waals surface area (Å²) in [4.78, 5) is 14.2. The van der Waals surface area contributed by atoms with Crippen molar-refractivity contribution in [2.45, 2.75) is 58.5 Å². The Balaban J connectivity index is 1.59. The second-order valence-corrected chi connectivity index (χ2v) is 7.00. The summed E-state index contributed by atoms with van der Waals surface area (Å²) >= 11 is 0. The molecule has 120 valence electrons. The third-order valence-corrected chi connectivity index (χ3v) is 4.81. The summed E-state index contributed by atoms with van der Waals surface area (Å²) < 4.78 is 5.27. The predicted octanol–water partition coefficient (Wildman–Crippen LogP) is 3.73. The molecule has 1 heterocycles. The molecular weight excluding hydrogens is 274 g/mol. The van der Waals surface area contributed by atoms with Gasteiger partial charge in [-0.05, 0) is 75.1 Å². The predicted molar refractivity (Wildman–Crippen MR) is 89.2 cm³/mol. The fourth-order valence-electron chi connectivity index (χ4n) is 3.70. The average Bonchev–Trinajstić information content (AvgIpc) is 2.94. The Hall–Kier alpha value is -1.51. The zero-order valence-electron chi connectivity index (χ0n) is 13.8. The Bertz CT molecular complexity index is 538. The molecule has 1 aliphatic carbocycles. The van der Waals surface area contributed by atoms with Gasteiger partial charge in [0, 0.05) is 18.8 Å². The minimum Gasteiger partial charge on any atom is -0.463 e. The standard InChI is InChI=1S/C19H27NO2/c1-14(2)22-19(21)11-15-9-10-20(13-15)18-8-7-16-5-3-4-6-17(16)12-18/h7-8,12,14-15H,3-6,9-11,13H2,1-2H3. The molecule has 0 aromatic heterocycles. The summed E-state index contributed by atoms with van der Waals surface area (Å²) in [5, 5.41) is 0. The first kappa shape index (κ1) is 15.4. The molecule has 3 heteroatoms. The molecule has 1 aromatic carbocycles. The van der Waals surface area contributed by atoms with Gasteiger partial charge in [-0.25, -0.2) is 0 Å². The highest BCUT2D eigenvalue weighted by atomic mass is 16.5. The van der Waals surface area contributed by atoms with E-state index in [4.69, 9.17) is 4.74 Å². The summed E-state index contributed by atoms with van der Waals surface area (Å²) in [6.07, 6.45) is 6.74. The van der Waals surface area contributed by atoms with E-state index in [-0.39, 0.29) is 12.1 Å². The van der Waals surface area contributed by atoms with E-state index >= 15 is 0 Å². The van der Waals surface area contributed by atoms with Crippen LogP contribution in [-0.4, -0.2) is 25.2 Å². The Morgan fingerprint density at radius 1 is 1.27 bits per heavy atom. The number of carbonyl (C=O) groups is 1. The molecule has 1 unspecified atom stereocenters. The van der Waals surface area contributed by atoms with Crippen LogP contribution in [0.2, 0.25) is 0 Å². The van der Waals surface area contributed by atoms with Gasteiger partial charge in [0.25, 0.3) is 0 Å². The minimum atomic E-state index is -0.0488. The lowest BCUT2D eigenvalue weighted by Crippen LogP contribution is -2.22. The number of nitrogens with zero attached hydrogens (tertiary/aromatic N) is 1. The number of rotatable bonds is 4. The monoisotopic (exact) mass is 301 g/mol. The van der Waals surface area contributed by atoms with Crippen molar-refractivity contribution in [3.63, 3.8) is 0 Å². The van der Waals surface area contributed by atoms with Gasteiger partial charge in [0.15, 0.2) is 0 Å². The number of anilines is 1. The van der Waals surface area contributed by atoms with Crippen LogP contribution in [0.5, 0.6) is 0 Å². The first-order valence-electron chi connectivity index (χ1n) is 8.68. The van der Waals surface area contributed by atoms with Gasteiger partial charge in [0.05, 0.1) is 12.5 Å². The Kier molecular flexibility index (Phi) is 4.70. The van der Waals surface area contributed by atoms with Crippen molar-refractivity contribution in [2.75, 3.05) is 18.0 Å². The maximum atomic E-state index is 11.8. The van der Waals surface area contributed by atoms with Crippen LogP contribution in [0.1, 0.15) is 50.7 Å². The second kappa shape index (κ2) is 6.72. The van der Waals surface area contributed by atoms with Crippen LogP contribution in [0.3, 0.4) is 0 Å². The summed E-state index contributed by atoms with van der Waals surface area (Å²) in [7, 11) is 0. The molecule has 1 aromatic rings. The topological polar surface area (TPSA) is 29.5 Å². The summed E-state index contributed by atoms with van der Waals surface area (Å²) in [5.41, 5.74) is 4.40. The molecule has 0 amide bonds. The van der Waals surface area contributed by atoms with Crippen LogP contribution in [0.15, 0.2) is 18.2 Å². The largest absolute Gasteiger partial charge is 0.463 e. The lowest BCUT2D eigenvalue weighted by Gasteiger charge is -2.23. The molecule has 0 bridgehead atoms. The summed E-state index contributed by atoms with van der Waals surface area (Å²) in [6.45, 7) is 5.85. The van der Waals surface area contributed by atoms with Gasteiger partial charge in [-0.2, -0.15) is 0 Å². The van der Waals surface area contributed by atoms with Crippen LogP contribution in [-0.2, 0) is 22.4 Å². The molecular formula is C19H27NO2. The van der Waals surface area contributed by atoms with E-state index in [9.17, 15) is 4.79 Å². The molecule has 2 aliphatic rings.